The van der Waals surface area contributed by atoms with Crippen LogP contribution in [0.2, 0.25) is 0 Å². The number of rotatable bonds is 4. The molecule has 0 atom stereocenters. The Hall–Kier alpha value is -2.57. The van der Waals surface area contributed by atoms with Crippen LogP contribution >= 0.6 is 0 Å². The number of hydrogen-bond donors (Lipinski definition) is 2. The van der Waals surface area contributed by atoms with Crippen LogP contribution in [0.5, 0.6) is 0 Å². The highest BCUT2D eigenvalue weighted by atomic mass is 19.1. The summed E-state index contributed by atoms with van der Waals surface area (Å²) in [5.41, 5.74) is -0.503. The van der Waals surface area contributed by atoms with E-state index < -0.39 is 23.2 Å². The maximum absolute atomic E-state index is 13.5. The lowest BCUT2D eigenvalue weighted by molar-refractivity contribution is 0.102. The molecule has 1 heterocycles. The van der Waals surface area contributed by atoms with Gasteiger partial charge in [-0.3, -0.25) is 4.79 Å². The molecule has 0 radical (unpaired) electrons. The molecule has 1 amide bonds. The van der Waals surface area contributed by atoms with E-state index in [4.69, 9.17) is 0 Å². The van der Waals surface area contributed by atoms with Crippen LogP contribution in [0, 0.1) is 11.6 Å². The summed E-state index contributed by atoms with van der Waals surface area (Å²) < 4.78 is 27.0. The first-order valence-electron chi connectivity index (χ1n) is 7.49. The Morgan fingerprint density at radius 2 is 1.74 bits per heavy atom. The van der Waals surface area contributed by atoms with Crippen molar-refractivity contribution in [2.45, 2.75) is 31.7 Å². The van der Waals surface area contributed by atoms with Crippen LogP contribution in [0.4, 0.5) is 20.3 Å². The Labute approximate surface area is 132 Å². The highest BCUT2D eigenvalue weighted by Gasteiger charge is 2.17. The van der Waals surface area contributed by atoms with Crippen molar-refractivity contribution in [1.29, 1.82) is 0 Å². The first-order chi connectivity index (χ1) is 11.1. The number of aromatic nitrogens is 2. The van der Waals surface area contributed by atoms with E-state index >= 15 is 0 Å². The molecule has 2 N–H and O–H groups in total. The molecule has 0 saturated heterocycles. The highest BCUT2D eigenvalue weighted by Crippen LogP contribution is 2.21. The van der Waals surface area contributed by atoms with Crippen LogP contribution in [0.25, 0.3) is 0 Å². The monoisotopic (exact) mass is 318 g/mol. The Morgan fingerprint density at radius 1 is 1.04 bits per heavy atom. The third kappa shape index (κ3) is 3.61. The molecule has 1 aromatic carbocycles. The van der Waals surface area contributed by atoms with Crippen LogP contribution in [-0.2, 0) is 0 Å². The summed E-state index contributed by atoms with van der Waals surface area (Å²) in [4.78, 5) is 12.0. The van der Waals surface area contributed by atoms with E-state index in [1.54, 1.807) is 6.07 Å². The Morgan fingerprint density at radius 3 is 2.35 bits per heavy atom. The second-order valence-electron chi connectivity index (χ2n) is 5.48. The lowest BCUT2D eigenvalue weighted by Gasteiger charge is -2.12. The molecule has 2 aromatic rings. The van der Waals surface area contributed by atoms with Crippen LogP contribution < -0.4 is 10.6 Å². The summed E-state index contributed by atoms with van der Waals surface area (Å²) in [6, 6.07) is 6.86. The summed E-state index contributed by atoms with van der Waals surface area (Å²) in [6.07, 6.45) is 4.58. The summed E-state index contributed by atoms with van der Waals surface area (Å²) >= 11 is 0. The fraction of sp³-hybridized carbons (Fsp3) is 0.312. The molecule has 1 aliphatic rings. The molecule has 0 spiro atoms. The molecular weight excluding hydrogens is 302 g/mol. The molecule has 7 heteroatoms. The summed E-state index contributed by atoms with van der Waals surface area (Å²) in [5, 5.41) is 13.2. The minimum absolute atomic E-state index is 0.00961. The van der Waals surface area contributed by atoms with E-state index in [1.165, 1.54) is 25.0 Å². The van der Waals surface area contributed by atoms with E-state index in [9.17, 15) is 13.6 Å². The van der Waals surface area contributed by atoms with Crippen molar-refractivity contribution in [3.63, 3.8) is 0 Å². The average Bonchev–Trinajstić information content (AvgIpc) is 3.04. The molecule has 1 aromatic heterocycles. The van der Waals surface area contributed by atoms with Gasteiger partial charge in [-0.15, -0.1) is 10.2 Å². The lowest BCUT2D eigenvalue weighted by Crippen LogP contribution is -2.18. The SMILES string of the molecule is O=C(Nc1c(F)cccc1F)c1ccc(NC2CCCC2)nn1. The van der Waals surface area contributed by atoms with Crippen molar-refractivity contribution in [1.82, 2.24) is 10.2 Å². The molecule has 5 nitrogen and oxygen atoms in total. The molecule has 3 rings (SSSR count). The standard InChI is InChI=1S/C16H16F2N4O/c17-11-6-3-7-12(18)15(11)20-16(23)13-8-9-14(22-21-13)19-10-4-1-2-5-10/h3,6-10H,1-2,4-5H2,(H,19,22)(H,20,23). The van der Waals surface area contributed by atoms with Crippen LogP contribution in [-0.4, -0.2) is 22.1 Å². The van der Waals surface area contributed by atoms with Crippen molar-refractivity contribution in [3.05, 3.63) is 47.7 Å². The predicted molar refractivity (Wildman–Crippen MR) is 82.2 cm³/mol. The number of nitrogens with one attached hydrogen (secondary N) is 2. The third-order valence-electron chi connectivity index (χ3n) is 3.81. The molecule has 0 bridgehead atoms. The fourth-order valence-electron chi connectivity index (χ4n) is 2.60. The molecule has 120 valence electrons. The zero-order chi connectivity index (χ0) is 16.2. The van der Waals surface area contributed by atoms with Crippen molar-refractivity contribution in [3.8, 4) is 0 Å². The van der Waals surface area contributed by atoms with E-state index in [0.29, 0.717) is 11.9 Å². The van der Waals surface area contributed by atoms with Gasteiger partial charge in [0.2, 0.25) is 0 Å². The number of para-hydroxylation sites is 1. The first-order valence-corrected chi connectivity index (χ1v) is 7.49. The second kappa shape index (κ2) is 6.68. The van der Waals surface area contributed by atoms with Crippen LogP contribution in [0.15, 0.2) is 30.3 Å². The molecule has 0 unspecified atom stereocenters. The fourth-order valence-corrected chi connectivity index (χ4v) is 2.60. The largest absolute Gasteiger partial charge is 0.366 e. The van der Waals surface area contributed by atoms with Gasteiger partial charge >= 0.3 is 0 Å². The zero-order valence-corrected chi connectivity index (χ0v) is 12.4. The van der Waals surface area contributed by atoms with Gasteiger partial charge in [-0.05, 0) is 37.1 Å². The van der Waals surface area contributed by atoms with E-state index in [2.05, 4.69) is 20.8 Å². The average molecular weight is 318 g/mol. The van der Waals surface area contributed by atoms with Crippen molar-refractivity contribution < 1.29 is 13.6 Å². The van der Waals surface area contributed by atoms with Crippen molar-refractivity contribution in [2.24, 2.45) is 0 Å². The topological polar surface area (TPSA) is 66.9 Å². The minimum atomic E-state index is -0.842. The number of nitrogens with zero attached hydrogens (tertiary/aromatic N) is 2. The number of carbonyl (C=O) groups excluding carboxylic acids is 1. The van der Waals surface area contributed by atoms with Gasteiger partial charge in [0.25, 0.3) is 5.91 Å². The van der Waals surface area contributed by atoms with Gasteiger partial charge in [0.05, 0.1) is 0 Å². The van der Waals surface area contributed by atoms with E-state index in [0.717, 1.165) is 25.0 Å². The molecule has 0 aliphatic heterocycles. The molecular formula is C16H16F2N4O. The van der Waals surface area contributed by atoms with Crippen molar-refractivity contribution >= 4 is 17.4 Å². The van der Waals surface area contributed by atoms with Gasteiger partial charge in [0, 0.05) is 6.04 Å². The normalized spacial score (nSPS) is 14.7. The van der Waals surface area contributed by atoms with Gasteiger partial charge in [-0.1, -0.05) is 18.9 Å². The molecule has 1 saturated carbocycles. The number of halogens is 2. The van der Waals surface area contributed by atoms with Crippen LogP contribution in [0.3, 0.4) is 0 Å². The predicted octanol–water partition coefficient (Wildman–Crippen LogP) is 3.36. The number of anilines is 2. The number of benzene rings is 1. The molecule has 23 heavy (non-hydrogen) atoms. The maximum atomic E-state index is 13.5. The Kier molecular flexibility index (Phi) is 4.45. The molecule has 1 aliphatic carbocycles. The lowest BCUT2D eigenvalue weighted by atomic mass is 10.2. The first kappa shape index (κ1) is 15.3. The Bertz CT molecular complexity index is 679. The number of amides is 1. The van der Waals surface area contributed by atoms with E-state index in [1.807, 2.05) is 0 Å². The van der Waals surface area contributed by atoms with Gasteiger partial charge in [0.1, 0.15) is 23.1 Å². The zero-order valence-electron chi connectivity index (χ0n) is 12.4. The van der Waals surface area contributed by atoms with Gasteiger partial charge < -0.3 is 10.6 Å². The molecule has 1 fully saturated rings. The second-order valence-corrected chi connectivity index (χ2v) is 5.48. The van der Waals surface area contributed by atoms with Crippen LogP contribution in [0.1, 0.15) is 36.2 Å². The van der Waals surface area contributed by atoms with E-state index in [-0.39, 0.29) is 5.69 Å². The quantitative estimate of drug-likeness (QED) is 0.907. The third-order valence-corrected chi connectivity index (χ3v) is 3.81. The maximum Gasteiger partial charge on any atom is 0.276 e. The summed E-state index contributed by atoms with van der Waals surface area (Å²) in [6.45, 7) is 0. The Balaban J connectivity index is 1.67. The smallest absolute Gasteiger partial charge is 0.276 e. The number of hydrogen-bond acceptors (Lipinski definition) is 4. The summed E-state index contributed by atoms with van der Waals surface area (Å²) in [5.74, 6) is -1.81. The van der Waals surface area contributed by atoms with Gasteiger partial charge in [-0.25, -0.2) is 8.78 Å². The van der Waals surface area contributed by atoms with Crippen molar-refractivity contribution in [2.75, 3.05) is 10.6 Å². The number of carbonyl (C=O) groups is 1. The highest BCUT2D eigenvalue weighted by molar-refractivity contribution is 6.02. The minimum Gasteiger partial charge on any atom is -0.366 e. The van der Waals surface area contributed by atoms with Gasteiger partial charge in [-0.2, -0.15) is 0 Å². The van der Waals surface area contributed by atoms with Gasteiger partial charge in [0.15, 0.2) is 5.69 Å². The summed E-state index contributed by atoms with van der Waals surface area (Å²) in [7, 11) is 0.